The Labute approximate surface area is 170 Å². The fourth-order valence-corrected chi connectivity index (χ4v) is 3.31. The van der Waals surface area contributed by atoms with Crippen LogP contribution in [0, 0.1) is 13.8 Å². The van der Waals surface area contributed by atoms with Crippen molar-refractivity contribution in [2.75, 3.05) is 18.1 Å². The lowest BCUT2D eigenvalue weighted by atomic mass is 10.0. The Morgan fingerprint density at radius 2 is 1.83 bits per heavy atom. The van der Waals surface area contributed by atoms with Crippen LogP contribution in [-0.2, 0) is 14.3 Å². The van der Waals surface area contributed by atoms with Crippen molar-refractivity contribution in [1.82, 2.24) is 5.32 Å². The summed E-state index contributed by atoms with van der Waals surface area (Å²) < 4.78 is 5.12. The van der Waals surface area contributed by atoms with E-state index in [4.69, 9.17) is 4.74 Å². The maximum atomic E-state index is 12.2. The van der Waals surface area contributed by atoms with Crippen molar-refractivity contribution in [3.8, 4) is 0 Å². The molecule has 0 unspecified atom stereocenters. The average molecular weight is 394 g/mol. The molecular weight excluding hydrogens is 368 g/mol. The van der Waals surface area contributed by atoms with E-state index in [-0.39, 0.29) is 24.5 Å². The van der Waals surface area contributed by atoms with Crippen LogP contribution in [0.2, 0.25) is 0 Å². The summed E-state index contributed by atoms with van der Waals surface area (Å²) >= 11 is 0. The molecule has 1 aliphatic rings. The van der Waals surface area contributed by atoms with Crippen molar-refractivity contribution < 1.29 is 19.1 Å². The van der Waals surface area contributed by atoms with Gasteiger partial charge in [-0.15, -0.1) is 0 Å². The molecule has 1 N–H and O–H groups in total. The third kappa shape index (κ3) is 5.02. The van der Waals surface area contributed by atoms with E-state index in [1.54, 1.807) is 29.2 Å². The van der Waals surface area contributed by atoms with Gasteiger partial charge >= 0.3 is 5.97 Å². The highest BCUT2D eigenvalue weighted by atomic mass is 16.5. The van der Waals surface area contributed by atoms with Crippen molar-refractivity contribution in [2.24, 2.45) is 0 Å². The second-order valence-electron chi connectivity index (χ2n) is 7.40. The van der Waals surface area contributed by atoms with Gasteiger partial charge in [0.2, 0.25) is 5.91 Å². The van der Waals surface area contributed by atoms with Gasteiger partial charge in [0.05, 0.1) is 11.6 Å². The highest BCUT2D eigenvalue weighted by molar-refractivity contribution is 5.96. The zero-order chi connectivity index (χ0) is 21.0. The molecule has 0 saturated carbocycles. The number of carbonyl (C=O) groups excluding carboxylic acids is 3. The third-order valence-electron chi connectivity index (χ3n) is 5.23. The molecular formula is C23H26N2O4. The molecule has 152 valence electrons. The zero-order valence-corrected chi connectivity index (χ0v) is 17.0. The Bertz CT molecular complexity index is 921. The van der Waals surface area contributed by atoms with Crippen LogP contribution in [0.1, 0.15) is 52.9 Å². The van der Waals surface area contributed by atoms with E-state index in [0.29, 0.717) is 18.5 Å². The summed E-state index contributed by atoms with van der Waals surface area (Å²) in [6.07, 6.45) is 1.40. The zero-order valence-electron chi connectivity index (χ0n) is 17.0. The molecule has 0 spiro atoms. The van der Waals surface area contributed by atoms with Crippen molar-refractivity contribution >= 4 is 23.5 Å². The number of amides is 2. The smallest absolute Gasteiger partial charge is 0.338 e. The molecule has 1 atom stereocenters. The molecule has 3 rings (SSSR count). The molecule has 2 aromatic carbocycles. The van der Waals surface area contributed by atoms with Gasteiger partial charge in [-0.1, -0.05) is 18.2 Å². The van der Waals surface area contributed by atoms with Crippen LogP contribution in [0.3, 0.4) is 0 Å². The SMILES string of the molecule is Cc1ccc([C@H](C)NC(=O)COC(=O)c2ccc(N3CCCC3=O)cc2)cc1C. The first-order valence-electron chi connectivity index (χ1n) is 9.79. The van der Waals surface area contributed by atoms with Gasteiger partial charge in [0.15, 0.2) is 6.61 Å². The maximum absolute atomic E-state index is 12.2. The van der Waals surface area contributed by atoms with Crippen LogP contribution < -0.4 is 10.2 Å². The molecule has 29 heavy (non-hydrogen) atoms. The van der Waals surface area contributed by atoms with E-state index >= 15 is 0 Å². The minimum absolute atomic E-state index is 0.0925. The summed E-state index contributed by atoms with van der Waals surface area (Å²) in [6, 6.07) is 12.5. The van der Waals surface area contributed by atoms with E-state index in [9.17, 15) is 14.4 Å². The van der Waals surface area contributed by atoms with Crippen molar-refractivity contribution in [3.63, 3.8) is 0 Å². The van der Waals surface area contributed by atoms with Crippen molar-refractivity contribution in [2.45, 2.75) is 39.7 Å². The van der Waals surface area contributed by atoms with E-state index < -0.39 is 5.97 Å². The number of hydrogen-bond acceptors (Lipinski definition) is 4. The normalized spacial score (nSPS) is 14.6. The highest BCUT2D eigenvalue weighted by Gasteiger charge is 2.22. The summed E-state index contributed by atoms with van der Waals surface area (Å²) in [5.74, 6) is -0.837. The Morgan fingerprint density at radius 1 is 1.10 bits per heavy atom. The van der Waals surface area contributed by atoms with E-state index in [1.807, 2.05) is 39.0 Å². The number of aryl methyl sites for hydroxylation is 2. The first-order valence-corrected chi connectivity index (χ1v) is 9.79. The minimum atomic E-state index is -0.571. The Balaban J connectivity index is 1.51. The molecule has 1 fully saturated rings. The number of hydrogen-bond donors (Lipinski definition) is 1. The summed E-state index contributed by atoms with van der Waals surface area (Å²) in [4.78, 5) is 37.8. The lowest BCUT2D eigenvalue weighted by Crippen LogP contribution is -2.31. The Kier molecular flexibility index (Phi) is 6.32. The highest BCUT2D eigenvalue weighted by Crippen LogP contribution is 2.22. The van der Waals surface area contributed by atoms with Crippen molar-refractivity contribution in [3.05, 3.63) is 64.7 Å². The molecule has 0 aliphatic carbocycles. The lowest BCUT2D eigenvalue weighted by molar-refractivity contribution is -0.124. The molecule has 2 amide bonds. The van der Waals surface area contributed by atoms with Gasteiger partial charge in [-0.2, -0.15) is 0 Å². The Hall–Kier alpha value is -3.15. The van der Waals surface area contributed by atoms with E-state index in [1.165, 1.54) is 5.56 Å². The maximum Gasteiger partial charge on any atom is 0.338 e. The average Bonchev–Trinajstić information content (AvgIpc) is 3.14. The number of ether oxygens (including phenoxy) is 1. The van der Waals surface area contributed by atoms with Gasteiger partial charge in [0.1, 0.15) is 0 Å². The van der Waals surface area contributed by atoms with Crippen LogP contribution in [0.4, 0.5) is 5.69 Å². The molecule has 1 aliphatic heterocycles. The van der Waals surface area contributed by atoms with Gasteiger partial charge in [-0.3, -0.25) is 9.59 Å². The number of benzene rings is 2. The fourth-order valence-electron chi connectivity index (χ4n) is 3.31. The number of anilines is 1. The van der Waals surface area contributed by atoms with Gasteiger partial charge in [0.25, 0.3) is 5.91 Å². The molecule has 0 aromatic heterocycles. The first kappa shape index (κ1) is 20.6. The molecule has 6 nitrogen and oxygen atoms in total. The summed E-state index contributed by atoms with van der Waals surface area (Å²) in [5.41, 5.74) is 4.47. The minimum Gasteiger partial charge on any atom is -0.452 e. The van der Waals surface area contributed by atoms with Crippen LogP contribution in [-0.4, -0.2) is 30.9 Å². The van der Waals surface area contributed by atoms with Crippen LogP contribution >= 0.6 is 0 Å². The number of carbonyl (C=O) groups is 3. The van der Waals surface area contributed by atoms with Crippen LogP contribution in [0.15, 0.2) is 42.5 Å². The quantitative estimate of drug-likeness (QED) is 0.762. The molecule has 0 bridgehead atoms. The molecule has 2 aromatic rings. The summed E-state index contributed by atoms with van der Waals surface area (Å²) in [7, 11) is 0. The summed E-state index contributed by atoms with van der Waals surface area (Å²) in [5, 5.41) is 2.84. The second kappa shape index (κ2) is 8.90. The van der Waals surface area contributed by atoms with E-state index in [0.717, 1.165) is 23.2 Å². The first-order chi connectivity index (χ1) is 13.8. The molecule has 0 radical (unpaired) electrons. The number of nitrogens with one attached hydrogen (secondary N) is 1. The molecule has 6 heteroatoms. The van der Waals surface area contributed by atoms with Crippen LogP contribution in [0.5, 0.6) is 0 Å². The number of esters is 1. The molecule has 1 heterocycles. The standard InChI is InChI=1S/C23H26N2O4/c1-15-6-7-19(13-16(15)2)17(3)24-21(26)14-29-23(28)18-8-10-20(11-9-18)25-12-4-5-22(25)27/h6-11,13,17H,4-5,12,14H2,1-3H3,(H,24,26)/t17-/m0/s1. The Morgan fingerprint density at radius 3 is 2.45 bits per heavy atom. The number of rotatable bonds is 6. The number of nitrogens with zero attached hydrogens (tertiary/aromatic N) is 1. The second-order valence-corrected chi connectivity index (χ2v) is 7.40. The van der Waals surface area contributed by atoms with E-state index in [2.05, 4.69) is 5.32 Å². The predicted molar refractivity (Wildman–Crippen MR) is 111 cm³/mol. The largest absolute Gasteiger partial charge is 0.452 e. The van der Waals surface area contributed by atoms with Gasteiger partial charge in [-0.25, -0.2) is 4.79 Å². The van der Waals surface area contributed by atoms with Gasteiger partial charge in [0, 0.05) is 18.7 Å². The predicted octanol–water partition coefficient (Wildman–Crippen LogP) is 3.46. The fraction of sp³-hybridized carbons (Fsp3) is 0.348. The van der Waals surface area contributed by atoms with Gasteiger partial charge in [-0.05, 0) is 68.1 Å². The molecule has 1 saturated heterocycles. The summed E-state index contributed by atoms with van der Waals surface area (Å²) in [6.45, 7) is 6.31. The third-order valence-corrected chi connectivity index (χ3v) is 5.23. The van der Waals surface area contributed by atoms with Crippen molar-refractivity contribution in [1.29, 1.82) is 0 Å². The topological polar surface area (TPSA) is 75.7 Å². The van der Waals surface area contributed by atoms with Gasteiger partial charge < -0.3 is 15.0 Å². The lowest BCUT2D eigenvalue weighted by Gasteiger charge is -2.16. The monoisotopic (exact) mass is 394 g/mol. The van der Waals surface area contributed by atoms with Crippen LogP contribution in [0.25, 0.3) is 0 Å².